The number of carbonyl (C=O) groups excluding carboxylic acids is 2. The highest BCUT2D eigenvalue weighted by Crippen LogP contribution is 2.46. The Balaban J connectivity index is 1.22. The number of nitrogens with one attached hydrogen (secondary N) is 2. The molecule has 4 heterocycles. The number of fused-ring (bicyclic) bond motifs is 1. The van der Waals surface area contributed by atoms with Crippen LogP contribution in [-0.2, 0) is 11.2 Å². The molecule has 0 bridgehead atoms. The Morgan fingerprint density at radius 2 is 2.05 bits per heavy atom. The fraction of sp³-hybridized carbons (Fsp3) is 0.556. The number of carbonyl (C=O) groups is 2. The van der Waals surface area contributed by atoms with Gasteiger partial charge in [-0.2, -0.15) is 4.98 Å². The van der Waals surface area contributed by atoms with Gasteiger partial charge in [0.2, 0.25) is 11.9 Å². The normalized spacial score (nSPS) is 25.4. The van der Waals surface area contributed by atoms with Crippen LogP contribution < -0.4 is 15.5 Å². The third-order valence-corrected chi connectivity index (χ3v) is 8.59. The van der Waals surface area contributed by atoms with Gasteiger partial charge in [0.05, 0.1) is 5.56 Å². The molecule has 10 heteroatoms. The SMILES string of the molecule is CN(C)[C@@H]1CCN(C(=O)c2ccc(Nc3ncc4c(n3)N(C3CCCC3)C3(CCNC3=O)C4)cc2F)C1. The van der Waals surface area contributed by atoms with Crippen LogP contribution in [0.5, 0.6) is 0 Å². The monoisotopic (exact) mass is 507 g/mol. The molecule has 2 saturated heterocycles. The molecule has 2 N–H and O–H groups in total. The summed E-state index contributed by atoms with van der Waals surface area (Å²) < 4.78 is 15.1. The van der Waals surface area contributed by atoms with Gasteiger partial charge in [0.15, 0.2) is 0 Å². The first-order valence-electron chi connectivity index (χ1n) is 13.3. The summed E-state index contributed by atoms with van der Waals surface area (Å²) in [6, 6.07) is 5.12. The van der Waals surface area contributed by atoms with Crippen LogP contribution in [0.3, 0.4) is 0 Å². The standard InChI is InChI=1S/C27H34FN7O2/c1-33(2)20-9-12-34(16-20)24(36)21-8-7-18(13-22(21)28)31-26-30-15-17-14-27(10-11-29-25(27)37)35(23(17)32-26)19-5-3-4-6-19/h7-8,13,15,19-20H,3-6,9-12,14,16H2,1-2H3,(H,29,37)(H,30,31,32)/t20-,27?/m1/s1. The lowest BCUT2D eigenvalue weighted by molar-refractivity contribution is -0.123. The highest BCUT2D eigenvalue weighted by Gasteiger charge is 2.55. The molecule has 2 atom stereocenters. The van der Waals surface area contributed by atoms with Gasteiger partial charge in [0, 0.05) is 55.6 Å². The maximum Gasteiger partial charge on any atom is 0.256 e. The lowest BCUT2D eigenvalue weighted by Crippen LogP contribution is -2.56. The number of halogens is 1. The molecule has 37 heavy (non-hydrogen) atoms. The molecule has 4 aliphatic rings. The highest BCUT2D eigenvalue weighted by molar-refractivity contribution is 5.95. The number of nitrogens with zero attached hydrogens (tertiary/aromatic N) is 5. The molecule has 0 radical (unpaired) electrons. The number of likely N-dealkylation sites (N-methyl/N-ethyl adjacent to an activating group) is 1. The van der Waals surface area contributed by atoms with E-state index in [-0.39, 0.29) is 23.4 Å². The van der Waals surface area contributed by atoms with Crippen molar-refractivity contribution in [1.82, 2.24) is 25.1 Å². The average Bonchev–Trinajstić information content (AvgIpc) is 3.66. The van der Waals surface area contributed by atoms with Gasteiger partial charge in [-0.3, -0.25) is 9.59 Å². The number of likely N-dealkylation sites (tertiary alicyclic amines) is 1. The quantitative estimate of drug-likeness (QED) is 0.643. The second-order valence-corrected chi connectivity index (χ2v) is 11.0. The Morgan fingerprint density at radius 1 is 1.24 bits per heavy atom. The molecule has 1 spiro atoms. The fourth-order valence-corrected chi connectivity index (χ4v) is 6.55. The number of hydrogen-bond donors (Lipinski definition) is 2. The molecule has 3 aliphatic heterocycles. The third-order valence-electron chi connectivity index (χ3n) is 8.59. The Labute approximate surface area is 216 Å². The Kier molecular flexibility index (Phi) is 6.01. The van der Waals surface area contributed by atoms with Crippen LogP contribution >= 0.6 is 0 Å². The summed E-state index contributed by atoms with van der Waals surface area (Å²) in [5.74, 6) is 0.375. The number of benzene rings is 1. The number of aromatic nitrogens is 2. The minimum atomic E-state index is -0.583. The zero-order valence-corrected chi connectivity index (χ0v) is 21.5. The summed E-state index contributed by atoms with van der Waals surface area (Å²) >= 11 is 0. The molecule has 1 unspecified atom stereocenters. The Bertz CT molecular complexity index is 1230. The van der Waals surface area contributed by atoms with Gasteiger partial charge in [-0.15, -0.1) is 0 Å². The van der Waals surface area contributed by atoms with E-state index in [1.54, 1.807) is 17.2 Å². The lowest BCUT2D eigenvalue weighted by atomic mass is 9.91. The molecule has 6 rings (SSSR count). The zero-order valence-electron chi connectivity index (χ0n) is 21.5. The summed E-state index contributed by atoms with van der Waals surface area (Å²) in [4.78, 5) is 41.3. The first-order chi connectivity index (χ1) is 17.9. The van der Waals surface area contributed by atoms with E-state index in [0.717, 1.165) is 49.9 Å². The van der Waals surface area contributed by atoms with Crippen LogP contribution in [-0.4, -0.2) is 82.9 Å². The average molecular weight is 508 g/mol. The summed E-state index contributed by atoms with van der Waals surface area (Å²) in [5, 5.41) is 6.14. The third kappa shape index (κ3) is 4.11. The molecule has 1 aromatic carbocycles. The predicted molar refractivity (Wildman–Crippen MR) is 139 cm³/mol. The molecule has 1 saturated carbocycles. The fourth-order valence-electron chi connectivity index (χ4n) is 6.55. The summed E-state index contributed by atoms with van der Waals surface area (Å²) in [6.45, 7) is 1.90. The number of rotatable bonds is 5. The van der Waals surface area contributed by atoms with Crippen molar-refractivity contribution in [1.29, 1.82) is 0 Å². The predicted octanol–water partition coefficient (Wildman–Crippen LogP) is 2.70. The van der Waals surface area contributed by atoms with E-state index in [1.165, 1.54) is 12.1 Å². The van der Waals surface area contributed by atoms with Gasteiger partial charge in [0.1, 0.15) is 17.2 Å². The van der Waals surface area contributed by atoms with Crippen LogP contribution in [0.4, 0.5) is 21.8 Å². The van der Waals surface area contributed by atoms with Crippen molar-refractivity contribution in [2.24, 2.45) is 0 Å². The van der Waals surface area contributed by atoms with E-state index in [2.05, 4.69) is 25.4 Å². The molecule has 1 aliphatic carbocycles. The minimum absolute atomic E-state index is 0.0708. The van der Waals surface area contributed by atoms with E-state index in [4.69, 9.17) is 4.98 Å². The van der Waals surface area contributed by atoms with E-state index < -0.39 is 11.4 Å². The summed E-state index contributed by atoms with van der Waals surface area (Å²) in [7, 11) is 3.99. The molecule has 2 aromatic rings. The molecule has 9 nitrogen and oxygen atoms in total. The first-order valence-corrected chi connectivity index (χ1v) is 13.3. The minimum Gasteiger partial charge on any atom is -0.354 e. The summed E-state index contributed by atoms with van der Waals surface area (Å²) in [5.41, 5.74) is 0.935. The van der Waals surface area contributed by atoms with Crippen LogP contribution in [0.15, 0.2) is 24.4 Å². The van der Waals surface area contributed by atoms with Crippen molar-refractivity contribution in [2.45, 2.75) is 62.6 Å². The van der Waals surface area contributed by atoms with E-state index in [1.807, 2.05) is 14.1 Å². The van der Waals surface area contributed by atoms with Crippen LogP contribution in [0.2, 0.25) is 0 Å². The highest BCUT2D eigenvalue weighted by atomic mass is 19.1. The van der Waals surface area contributed by atoms with Gasteiger partial charge in [0.25, 0.3) is 5.91 Å². The van der Waals surface area contributed by atoms with Crippen LogP contribution in [0.25, 0.3) is 0 Å². The number of hydrogen-bond acceptors (Lipinski definition) is 7. The van der Waals surface area contributed by atoms with Crippen LogP contribution in [0.1, 0.15) is 54.4 Å². The van der Waals surface area contributed by atoms with Gasteiger partial charge >= 0.3 is 0 Å². The molecular formula is C27H34FN7O2. The van der Waals surface area contributed by atoms with Crippen molar-refractivity contribution >= 4 is 29.3 Å². The molecule has 196 valence electrons. The van der Waals surface area contributed by atoms with Gasteiger partial charge < -0.3 is 25.3 Å². The zero-order chi connectivity index (χ0) is 25.7. The van der Waals surface area contributed by atoms with Gasteiger partial charge in [-0.1, -0.05) is 12.8 Å². The Morgan fingerprint density at radius 3 is 2.73 bits per heavy atom. The number of amides is 2. The second-order valence-electron chi connectivity index (χ2n) is 11.0. The maximum absolute atomic E-state index is 15.1. The van der Waals surface area contributed by atoms with Crippen molar-refractivity contribution in [3.8, 4) is 0 Å². The lowest BCUT2D eigenvalue weighted by Gasteiger charge is -2.38. The summed E-state index contributed by atoms with van der Waals surface area (Å²) in [6.07, 6.45) is 8.45. The van der Waals surface area contributed by atoms with E-state index >= 15 is 4.39 Å². The molecule has 3 fully saturated rings. The topological polar surface area (TPSA) is 93.7 Å². The first kappa shape index (κ1) is 24.1. The molecule has 2 amide bonds. The largest absolute Gasteiger partial charge is 0.354 e. The smallest absolute Gasteiger partial charge is 0.256 e. The van der Waals surface area contributed by atoms with Gasteiger partial charge in [-0.25, -0.2) is 9.37 Å². The van der Waals surface area contributed by atoms with Crippen molar-refractivity contribution in [3.05, 3.63) is 41.3 Å². The Hall–Kier alpha value is -3.27. The van der Waals surface area contributed by atoms with Gasteiger partial charge in [-0.05, 0) is 58.0 Å². The van der Waals surface area contributed by atoms with Crippen LogP contribution in [0, 0.1) is 5.82 Å². The van der Waals surface area contributed by atoms with Crippen molar-refractivity contribution in [2.75, 3.05) is 43.9 Å². The second kappa shape index (κ2) is 9.24. The van der Waals surface area contributed by atoms with E-state index in [0.29, 0.717) is 43.7 Å². The number of anilines is 3. The van der Waals surface area contributed by atoms with E-state index in [9.17, 15) is 9.59 Å². The molecule has 1 aromatic heterocycles. The maximum atomic E-state index is 15.1. The van der Waals surface area contributed by atoms with Crippen molar-refractivity contribution in [3.63, 3.8) is 0 Å². The molecular weight excluding hydrogens is 473 g/mol. The van der Waals surface area contributed by atoms with Crippen molar-refractivity contribution < 1.29 is 14.0 Å².